The Balaban J connectivity index is 1.56. The van der Waals surface area contributed by atoms with Gasteiger partial charge in [-0.3, -0.25) is 4.79 Å². The van der Waals surface area contributed by atoms with Gasteiger partial charge in [-0.05, 0) is 43.2 Å². The number of amides is 1. The molecule has 1 atom stereocenters. The van der Waals surface area contributed by atoms with E-state index in [2.05, 4.69) is 15.5 Å². The lowest BCUT2D eigenvalue weighted by atomic mass is 10.1. The Kier molecular flexibility index (Phi) is 6.08. The molecule has 2 aromatic carbocycles. The van der Waals surface area contributed by atoms with Crippen molar-refractivity contribution in [2.24, 2.45) is 0 Å². The van der Waals surface area contributed by atoms with Crippen LogP contribution in [0.15, 0.2) is 59.8 Å². The molecule has 0 aliphatic heterocycles. The van der Waals surface area contributed by atoms with Gasteiger partial charge in [0.25, 0.3) is 0 Å². The Morgan fingerprint density at radius 3 is 2.59 bits per heavy atom. The number of nitrogens with two attached hydrogens (primary N) is 1. The van der Waals surface area contributed by atoms with Gasteiger partial charge in [0.15, 0.2) is 5.82 Å². The van der Waals surface area contributed by atoms with Crippen molar-refractivity contribution in [2.45, 2.75) is 23.8 Å². The SMILES string of the molecule is C[C@@H](Sc1nnc(-c2ccc(F)cc2)n1N)C(=O)NCCc1ccccc1. The second-order valence-electron chi connectivity index (χ2n) is 5.97. The van der Waals surface area contributed by atoms with Crippen molar-refractivity contribution in [3.63, 3.8) is 0 Å². The Morgan fingerprint density at radius 2 is 1.89 bits per heavy atom. The molecule has 8 heteroatoms. The Labute approximate surface area is 161 Å². The predicted octanol–water partition coefficient (Wildman–Crippen LogP) is 2.64. The number of thioether (sulfide) groups is 1. The minimum Gasteiger partial charge on any atom is -0.355 e. The molecule has 3 aromatic rings. The highest BCUT2D eigenvalue weighted by molar-refractivity contribution is 8.00. The average molecular weight is 385 g/mol. The normalized spacial score (nSPS) is 11.9. The minimum atomic E-state index is -0.381. The third-order valence-corrected chi connectivity index (χ3v) is 5.03. The molecular formula is C19H20FN5OS. The lowest BCUT2D eigenvalue weighted by Gasteiger charge is -2.11. The molecule has 140 valence electrons. The molecule has 1 aromatic heterocycles. The quantitative estimate of drug-likeness (QED) is 0.482. The maximum atomic E-state index is 13.1. The summed E-state index contributed by atoms with van der Waals surface area (Å²) in [5, 5.41) is 11.0. The van der Waals surface area contributed by atoms with Crippen LogP contribution in [0, 0.1) is 5.82 Å². The fourth-order valence-corrected chi connectivity index (χ4v) is 3.28. The van der Waals surface area contributed by atoms with Crippen LogP contribution >= 0.6 is 11.8 Å². The number of rotatable bonds is 7. The van der Waals surface area contributed by atoms with Crippen LogP contribution in [-0.2, 0) is 11.2 Å². The number of hydrogen-bond acceptors (Lipinski definition) is 5. The van der Waals surface area contributed by atoms with Crippen molar-refractivity contribution < 1.29 is 9.18 Å². The number of nitrogens with one attached hydrogen (secondary N) is 1. The molecule has 0 radical (unpaired) electrons. The first kappa shape index (κ1) is 18.9. The number of carbonyl (C=O) groups is 1. The number of halogens is 1. The monoisotopic (exact) mass is 385 g/mol. The van der Waals surface area contributed by atoms with E-state index in [-0.39, 0.29) is 17.0 Å². The molecule has 0 fully saturated rings. The van der Waals surface area contributed by atoms with Gasteiger partial charge < -0.3 is 11.2 Å². The van der Waals surface area contributed by atoms with Gasteiger partial charge in [-0.2, -0.15) is 0 Å². The van der Waals surface area contributed by atoms with Gasteiger partial charge in [-0.1, -0.05) is 42.1 Å². The van der Waals surface area contributed by atoms with Crippen molar-refractivity contribution in [3.8, 4) is 11.4 Å². The van der Waals surface area contributed by atoms with Crippen molar-refractivity contribution in [2.75, 3.05) is 12.4 Å². The predicted molar refractivity (Wildman–Crippen MR) is 104 cm³/mol. The first-order chi connectivity index (χ1) is 13.0. The van der Waals surface area contributed by atoms with Crippen LogP contribution in [0.2, 0.25) is 0 Å². The average Bonchev–Trinajstić information content (AvgIpc) is 3.03. The highest BCUT2D eigenvalue weighted by Gasteiger charge is 2.19. The van der Waals surface area contributed by atoms with Gasteiger partial charge in [-0.15, -0.1) is 10.2 Å². The zero-order valence-corrected chi connectivity index (χ0v) is 15.6. The molecule has 0 bridgehead atoms. The van der Waals surface area contributed by atoms with E-state index >= 15 is 0 Å². The van der Waals surface area contributed by atoms with Crippen LogP contribution in [0.5, 0.6) is 0 Å². The highest BCUT2D eigenvalue weighted by atomic mass is 32.2. The van der Waals surface area contributed by atoms with Crippen LogP contribution in [-0.4, -0.2) is 32.6 Å². The molecule has 0 aliphatic rings. The summed E-state index contributed by atoms with van der Waals surface area (Å²) in [5.74, 6) is 6.02. The summed E-state index contributed by atoms with van der Waals surface area (Å²) in [5.41, 5.74) is 1.82. The van der Waals surface area contributed by atoms with Crippen LogP contribution in [0.3, 0.4) is 0 Å². The Bertz CT molecular complexity index is 898. The first-order valence-corrected chi connectivity index (χ1v) is 9.37. The second-order valence-corrected chi connectivity index (χ2v) is 7.28. The molecule has 6 nitrogen and oxygen atoms in total. The fourth-order valence-electron chi connectivity index (χ4n) is 2.48. The zero-order chi connectivity index (χ0) is 19.2. The molecule has 1 amide bonds. The van der Waals surface area contributed by atoms with Crippen LogP contribution in [0.25, 0.3) is 11.4 Å². The fraction of sp³-hybridized carbons (Fsp3) is 0.211. The molecule has 3 rings (SSSR count). The number of aromatic nitrogens is 3. The first-order valence-electron chi connectivity index (χ1n) is 8.49. The molecule has 1 heterocycles. The largest absolute Gasteiger partial charge is 0.355 e. The highest BCUT2D eigenvalue weighted by Crippen LogP contribution is 2.24. The van der Waals surface area contributed by atoms with E-state index in [9.17, 15) is 9.18 Å². The van der Waals surface area contributed by atoms with E-state index in [0.29, 0.717) is 23.1 Å². The van der Waals surface area contributed by atoms with E-state index in [1.54, 1.807) is 19.1 Å². The number of nitrogens with zero attached hydrogens (tertiary/aromatic N) is 3. The Hall–Kier alpha value is -2.87. The second kappa shape index (κ2) is 8.68. The topological polar surface area (TPSA) is 85.8 Å². The van der Waals surface area contributed by atoms with Gasteiger partial charge in [0, 0.05) is 12.1 Å². The third-order valence-electron chi connectivity index (χ3n) is 3.97. The number of hydrogen-bond donors (Lipinski definition) is 2. The molecule has 0 spiro atoms. The van der Waals surface area contributed by atoms with E-state index in [0.717, 1.165) is 6.42 Å². The molecule has 0 saturated carbocycles. The number of carbonyl (C=O) groups excluding carboxylic acids is 1. The van der Waals surface area contributed by atoms with Gasteiger partial charge in [0.05, 0.1) is 5.25 Å². The summed E-state index contributed by atoms with van der Waals surface area (Å²) in [6.07, 6.45) is 0.770. The summed E-state index contributed by atoms with van der Waals surface area (Å²) in [6, 6.07) is 15.8. The summed E-state index contributed by atoms with van der Waals surface area (Å²) < 4.78 is 14.4. The van der Waals surface area contributed by atoms with E-state index < -0.39 is 0 Å². The van der Waals surface area contributed by atoms with Gasteiger partial charge in [0.1, 0.15) is 5.82 Å². The minimum absolute atomic E-state index is 0.0951. The van der Waals surface area contributed by atoms with E-state index in [1.807, 2.05) is 30.3 Å². The standard InChI is InChI=1S/C19H20FN5OS/c1-13(18(26)22-12-11-14-5-3-2-4-6-14)27-19-24-23-17(25(19)21)15-7-9-16(20)10-8-15/h2-10,13H,11-12,21H2,1H3,(H,22,26)/t13-/m1/s1. The van der Waals surface area contributed by atoms with Crippen molar-refractivity contribution >= 4 is 17.7 Å². The number of benzene rings is 2. The van der Waals surface area contributed by atoms with Crippen molar-refractivity contribution in [3.05, 3.63) is 66.0 Å². The number of nitrogen functional groups attached to an aromatic ring is 1. The molecule has 0 unspecified atom stereocenters. The maximum Gasteiger partial charge on any atom is 0.233 e. The zero-order valence-electron chi connectivity index (χ0n) is 14.8. The summed E-state index contributed by atoms with van der Waals surface area (Å²) >= 11 is 1.22. The lowest BCUT2D eigenvalue weighted by Crippen LogP contribution is -2.32. The van der Waals surface area contributed by atoms with Crippen molar-refractivity contribution in [1.29, 1.82) is 0 Å². The van der Waals surface area contributed by atoms with Gasteiger partial charge >= 0.3 is 0 Å². The smallest absolute Gasteiger partial charge is 0.233 e. The lowest BCUT2D eigenvalue weighted by molar-refractivity contribution is -0.120. The Morgan fingerprint density at radius 1 is 1.19 bits per heavy atom. The summed E-state index contributed by atoms with van der Waals surface area (Å²) in [7, 11) is 0. The molecule has 27 heavy (non-hydrogen) atoms. The van der Waals surface area contributed by atoms with Crippen molar-refractivity contribution in [1.82, 2.24) is 20.2 Å². The van der Waals surface area contributed by atoms with Crippen LogP contribution in [0.1, 0.15) is 12.5 Å². The van der Waals surface area contributed by atoms with Gasteiger partial charge in [0.2, 0.25) is 11.1 Å². The van der Waals surface area contributed by atoms with E-state index in [1.165, 1.54) is 34.1 Å². The third kappa shape index (κ3) is 4.85. The molecule has 0 saturated heterocycles. The summed E-state index contributed by atoms with van der Waals surface area (Å²) in [6.45, 7) is 2.35. The van der Waals surface area contributed by atoms with Crippen LogP contribution in [0.4, 0.5) is 4.39 Å². The summed E-state index contributed by atoms with van der Waals surface area (Å²) in [4.78, 5) is 12.3. The molecule has 0 aliphatic carbocycles. The molecular weight excluding hydrogens is 365 g/mol. The van der Waals surface area contributed by atoms with E-state index in [4.69, 9.17) is 5.84 Å². The maximum absolute atomic E-state index is 13.1. The molecule has 3 N–H and O–H groups in total. The van der Waals surface area contributed by atoms with Crippen LogP contribution < -0.4 is 11.2 Å². The van der Waals surface area contributed by atoms with Gasteiger partial charge in [-0.25, -0.2) is 9.07 Å².